The maximum atomic E-state index is 4.87. The van der Waals surface area contributed by atoms with Crippen LogP contribution in [-0.2, 0) is 34.0 Å². The molecular formula is C23H22N10. The fourth-order valence-electron chi connectivity index (χ4n) is 4.31. The van der Waals surface area contributed by atoms with Gasteiger partial charge in [0.1, 0.15) is 0 Å². The fraction of sp³-hybridized carbons (Fsp3) is 0.217. The largest absolute Gasteiger partial charge is 0.307 e. The van der Waals surface area contributed by atoms with E-state index in [0.717, 1.165) is 57.9 Å². The van der Waals surface area contributed by atoms with Gasteiger partial charge in [0.25, 0.3) is 0 Å². The van der Waals surface area contributed by atoms with Crippen LogP contribution in [0.5, 0.6) is 0 Å². The van der Waals surface area contributed by atoms with Crippen molar-refractivity contribution >= 4 is 11.8 Å². The van der Waals surface area contributed by atoms with E-state index in [1.54, 1.807) is 9.36 Å². The van der Waals surface area contributed by atoms with Gasteiger partial charge in [-0.15, -0.1) is 0 Å². The van der Waals surface area contributed by atoms with Crippen LogP contribution in [0.3, 0.4) is 0 Å². The summed E-state index contributed by atoms with van der Waals surface area (Å²) in [4.78, 5) is 14.1. The summed E-state index contributed by atoms with van der Waals surface area (Å²) >= 11 is 0. The topological polar surface area (TPSA) is 104 Å². The predicted octanol–water partition coefficient (Wildman–Crippen LogP) is 2.92. The van der Waals surface area contributed by atoms with Crippen molar-refractivity contribution in [3.63, 3.8) is 0 Å². The quantitative estimate of drug-likeness (QED) is 0.460. The molecule has 10 nitrogen and oxygen atoms in total. The van der Waals surface area contributed by atoms with E-state index in [1.807, 2.05) is 68.9 Å². The zero-order valence-corrected chi connectivity index (χ0v) is 18.6. The molecule has 33 heavy (non-hydrogen) atoms. The molecule has 0 aliphatic heterocycles. The standard InChI is InChI=1S/C23H22N10/c1-31-9-8-19(30-31)27-23-25-10-14-4-7-18-20(21(14)28-23)22(33(3)29-18)15-5-6-17(24-11-15)16-12-26-32(2)13-16/h5-6,8-13H,4,7H2,1-3H3,(H,25,27,28,30). The Labute approximate surface area is 190 Å². The van der Waals surface area contributed by atoms with Crippen molar-refractivity contribution in [2.45, 2.75) is 12.8 Å². The highest BCUT2D eigenvalue weighted by molar-refractivity contribution is 5.84. The lowest BCUT2D eigenvalue weighted by molar-refractivity contribution is 0.741. The Kier molecular flexibility index (Phi) is 4.32. The van der Waals surface area contributed by atoms with Crippen molar-refractivity contribution in [2.24, 2.45) is 21.1 Å². The summed E-state index contributed by atoms with van der Waals surface area (Å²) in [5.74, 6) is 1.22. The molecule has 10 heteroatoms. The van der Waals surface area contributed by atoms with Gasteiger partial charge in [-0.05, 0) is 30.5 Å². The molecular weight excluding hydrogens is 416 g/mol. The molecule has 5 aromatic rings. The Morgan fingerprint density at radius 1 is 0.879 bits per heavy atom. The Balaban J connectivity index is 1.41. The molecule has 1 aliphatic carbocycles. The van der Waals surface area contributed by atoms with Crippen molar-refractivity contribution in [2.75, 3.05) is 5.32 Å². The molecule has 164 valence electrons. The van der Waals surface area contributed by atoms with Gasteiger partial charge in [-0.2, -0.15) is 15.3 Å². The molecule has 1 N–H and O–H groups in total. The van der Waals surface area contributed by atoms with Crippen LogP contribution < -0.4 is 5.32 Å². The lowest BCUT2D eigenvalue weighted by Gasteiger charge is -2.16. The normalized spacial score (nSPS) is 12.5. The van der Waals surface area contributed by atoms with Crippen LogP contribution in [0.25, 0.3) is 33.8 Å². The third kappa shape index (κ3) is 3.36. The molecule has 0 fully saturated rings. The minimum atomic E-state index is 0.514. The van der Waals surface area contributed by atoms with Crippen molar-refractivity contribution in [1.82, 2.24) is 44.3 Å². The minimum absolute atomic E-state index is 0.514. The van der Waals surface area contributed by atoms with Gasteiger partial charge in [-0.3, -0.25) is 19.0 Å². The molecule has 0 saturated carbocycles. The molecule has 0 atom stereocenters. The Morgan fingerprint density at radius 3 is 2.52 bits per heavy atom. The van der Waals surface area contributed by atoms with Crippen LogP contribution in [0.1, 0.15) is 11.3 Å². The monoisotopic (exact) mass is 438 g/mol. The Morgan fingerprint density at radius 2 is 1.79 bits per heavy atom. The molecule has 5 heterocycles. The van der Waals surface area contributed by atoms with E-state index >= 15 is 0 Å². The lowest BCUT2D eigenvalue weighted by atomic mass is 9.92. The van der Waals surface area contributed by atoms with E-state index in [9.17, 15) is 0 Å². The minimum Gasteiger partial charge on any atom is -0.307 e. The number of anilines is 2. The zero-order chi connectivity index (χ0) is 22.5. The van der Waals surface area contributed by atoms with Crippen LogP contribution in [0.4, 0.5) is 11.8 Å². The van der Waals surface area contributed by atoms with Gasteiger partial charge in [-0.25, -0.2) is 9.97 Å². The van der Waals surface area contributed by atoms with Gasteiger partial charge in [0.2, 0.25) is 5.95 Å². The van der Waals surface area contributed by atoms with E-state index in [1.165, 1.54) is 0 Å². The number of aryl methyl sites for hydroxylation is 5. The van der Waals surface area contributed by atoms with Gasteiger partial charge >= 0.3 is 0 Å². The van der Waals surface area contributed by atoms with Crippen molar-refractivity contribution in [3.8, 4) is 33.8 Å². The van der Waals surface area contributed by atoms with E-state index in [4.69, 9.17) is 10.1 Å². The zero-order valence-electron chi connectivity index (χ0n) is 18.6. The van der Waals surface area contributed by atoms with E-state index < -0.39 is 0 Å². The number of nitrogens with one attached hydrogen (secondary N) is 1. The van der Waals surface area contributed by atoms with Crippen molar-refractivity contribution in [1.29, 1.82) is 0 Å². The fourth-order valence-corrected chi connectivity index (χ4v) is 4.31. The summed E-state index contributed by atoms with van der Waals surface area (Å²) in [5, 5.41) is 16.6. The number of hydrogen-bond acceptors (Lipinski definition) is 7. The van der Waals surface area contributed by atoms with Crippen LogP contribution in [0, 0.1) is 0 Å². The first-order valence-corrected chi connectivity index (χ1v) is 10.7. The summed E-state index contributed by atoms with van der Waals surface area (Å²) < 4.78 is 5.43. The summed E-state index contributed by atoms with van der Waals surface area (Å²) in [6.07, 6.45) is 11.2. The smallest absolute Gasteiger partial charge is 0.228 e. The van der Waals surface area contributed by atoms with Gasteiger partial charge in [0.05, 0.1) is 29.0 Å². The van der Waals surface area contributed by atoms with Crippen LogP contribution in [0.15, 0.2) is 49.2 Å². The highest BCUT2D eigenvalue weighted by atomic mass is 15.3. The van der Waals surface area contributed by atoms with Gasteiger partial charge < -0.3 is 5.32 Å². The number of fused-ring (bicyclic) bond motifs is 3. The maximum absolute atomic E-state index is 4.87. The van der Waals surface area contributed by atoms with E-state index in [0.29, 0.717) is 11.8 Å². The van der Waals surface area contributed by atoms with E-state index in [2.05, 4.69) is 31.5 Å². The molecule has 1 aliphatic rings. The van der Waals surface area contributed by atoms with Gasteiger partial charge in [0.15, 0.2) is 5.82 Å². The predicted molar refractivity (Wildman–Crippen MR) is 124 cm³/mol. The molecule has 0 amide bonds. The second-order valence-corrected chi connectivity index (χ2v) is 8.20. The second-order valence-electron chi connectivity index (χ2n) is 8.20. The van der Waals surface area contributed by atoms with Crippen molar-refractivity contribution in [3.05, 3.63) is 60.4 Å². The van der Waals surface area contributed by atoms with Crippen LogP contribution in [0.2, 0.25) is 0 Å². The maximum Gasteiger partial charge on any atom is 0.228 e. The second kappa shape index (κ2) is 7.37. The van der Waals surface area contributed by atoms with Gasteiger partial charge in [-0.1, -0.05) is 0 Å². The SMILES string of the molecule is Cn1cc(-c2ccc(-c3c4c(nn3C)CCc3cnc(Nc5ccn(C)n5)nc3-4)cn2)cn1. The summed E-state index contributed by atoms with van der Waals surface area (Å²) in [6, 6.07) is 5.98. The molecule has 0 spiro atoms. The third-order valence-electron chi connectivity index (χ3n) is 5.84. The molecule has 0 bridgehead atoms. The summed E-state index contributed by atoms with van der Waals surface area (Å²) in [6.45, 7) is 0. The molecule has 6 rings (SSSR count). The average Bonchev–Trinajstić information content (AvgIpc) is 3.52. The number of nitrogens with zero attached hydrogens (tertiary/aromatic N) is 9. The molecule has 0 unspecified atom stereocenters. The third-order valence-corrected chi connectivity index (χ3v) is 5.84. The molecule has 0 radical (unpaired) electrons. The highest BCUT2D eigenvalue weighted by Gasteiger charge is 2.27. The number of rotatable bonds is 4. The van der Waals surface area contributed by atoms with Crippen LogP contribution >= 0.6 is 0 Å². The summed E-state index contributed by atoms with van der Waals surface area (Å²) in [5.41, 5.74) is 7.96. The Hall–Kier alpha value is -4.34. The first-order chi connectivity index (χ1) is 16.0. The highest BCUT2D eigenvalue weighted by Crippen LogP contribution is 2.39. The molecule has 0 saturated heterocycles. The summed E-state index contributed by atoms with van der Waals surface area (Å²) in [7, 11) is 5.74. The molecule has 5 aromatic heterocycles. The van der Waals surface area contributed by atoms with Gasteiger partial charge in [0, 0.05) is 68.7 Å². The number of aromatic nitrogens is 9. The van der Waals surface area contributed by atoms with E-state index in [-0.39, 0.29) is 0 Å². The van der Waals surface area contributed by atoms with Crippen molar-refractivity contribution < 1.29 is 0 Å². The van der Waals surface area contributed by atoms with Crippen LogP contribution in [-0.4, -0.2) is 44.3 Å². The first kappa shape index (κ1) is 19.4. The lowest BCUT2D eigenvalue weighted by Crippen LogP contribution is -2.08. The Bertz CT molecular complexity index is 1470. The average molecular weight is 438 g/mol. The molecule has 0 aromatic carbocycles. The number of hydrogen-bond donors (Lipinski definition) is 1. The number of pyridine rings is 1. The first-order valence-electron chi connectivity index (χ1n) is 10.7.